The van der Waals surface area contributed by atoms with Crippen molar-refractivity contribution in [3.8, 4) is 0 Å². The van der Waals surface area contributed by atoms with Crippen LogP contribution in [-0.2, 0) is 9.53 Å². The number of fused-ring (bicyclic) bond motifs is 1. The molecule has 0 bridgehead atoms. The Kier molecular flexibility index (Phi) is 3.18. The van der Waals surface area contributed by atoms with E-state index in [0.717, 1.165) is 44.1 Å². The molecule has 116 valence electrons. The fourth-order valence-corrected chi connectivity index (χ4v) is 3.18. The monoisotopic (exact) mass is 302 g/mol. The molecule has 2 aliphatic rings. The lowest BCUT2D eigenvalue weighted by Gasteiger charge is -2.37. The van der Waals surface area contributed by atoms with Crippen LogP contribution in [0.15, 0.2) is 18.5 Å². The molecule has 0 aromatic carbocycles. The molecular weight excluding hydrogens is 284 g/mol. The highest BCUT2D eigenvalue weighted by Gasteiger charge is 2.37. The normalized spacial score (nSPS) is 26.6. The molecule has 2 aromatic rings. The molecule has 2 fully saturated rings. The van der Waals surface area contributed by atoms with E-state index in [-0.39, 0.29) is 18.1 Å². The number of ether oxygens (including phenoxy) is 1. The third-order valence-corrected chi connectivity index (χ3v) is 4.37. The number of hydrogen-bond donors (Lipinski definition) is 0. The highest BCUT2D eigenvalue weighted by Crippen LogP contribution is 2.22. The third-order valence-electron chi connectivity index (χ3n) is 4.37. The van der Waals surface area contributed by atoms with Gasteiger partial charge in [-0.15, -0.1) is 15.3 Å². The van der Waals surface area contributed by atoms with E-state index in [9.17, 15) is 4.79 Å². The molecule has 4 heterocycles. The van der Waals surface area contributed by atoms with Crippen LogP contribution in [0.4, 0.5) is 5.82 Å². The zero-order valence-electron chi connectivity index (χ0n) is 12.4. The van der Waals surface area contributed by atoms with Gasteiger partial charge >= 0.3 is 5.97 Å². The van der Waals surface area contributed by atoms with Crippen LogP contribution in [0, 0.1) is 0 Å². The summed E-state index contributed by atoms with van der Waals surface area (Å²) >= 11 is 0. The first-order valence-corrected chi connectivity index (χ1v) is 7.57. The summed E-state index contributed by atoms with van der Waals surface area (Å²) < 4.78 is 6.93. The first-order valence-electron chi connectivity index (χ1n) is 7.57. The van der Waals surface area contributed by atoms with Gasteiger partial charge in [-0.2, -0.15) is 4.52 Å². The topological polar surface area (TPSA) is 75.9 Å². The molecule has 8 heteroatoms. The molecule has 0 N–H and O–H groups in total. The molecule has 8 nitrogen and oxygen atoms in total. The van der Waals surface area contributed by atoms with Gasteiger partial charge in [-0.3, -0.25) is 9.69 Å². The Morgan fingerprint density at radius 1 is 1.23 bits per heavy atom. The van der Waals surface area contributed by atoms with Crippen molar-refractivity contribution in [2.45, 2.75) is 25.5 Å². The summed E-state index contributed by atoms with van der Waals surface area (Å²) in [6.45, 7) is 5.33. The van der Waals surface area contributed by atoms with Crippen molar-refractivity contribution in [3.05, 3.63) is 18.5 Å². The molecule has 2 saturated heterocycles. The zero-order chi connectivity index (χ0) is 15.1. The number of cyclic esters (lactones) is 1. The Morgan fingerprint density at radius 2 is 2.05 bits per heavy atom. The SMILES string of the molecule is C[C@@H]1C[C@@H](N2CCN(c3ccc4nncn4n3)CC2)C(=O)O1. The lowest BCUT2D eigenvalue weighted by Crippen LogP contribution is -2.52. The number of anilines is 1. The van der Waals surface area contributed by atoms with E-state index in [1.807, 2.05) is 19.1 Å². The zero-order valence-corrected chi connectivity index (χ0v) is 12.4. The second-order valence-electron chi connectivity index (χ2n) is 5.85. The highest BCUT2D eigenvalue weighted by molar-refractivity contribution is 5.78. The van der Waals surface area contributed by atoms with Crippen LogP contribution in [0.1, 0.15) is 13.3 Å². The van der Waals surface area contributed by atoms with Gasteiger partial charge in [0.25, 0.3) is 0 Å². The molecule has 0 amide bonds. The van der Waals surface area contributed by atoms with E-state index in [4.69, 9.17) is 4.74 Å². The maximum atomic E-state index is 11.8. The Hall–Kier alpha value is -2.22. The Morgan fingerprint density at radius 3 is 2.77 bits per heavy atom. The minimum Gasteiger partial charge on any atom is -0.461 e. The van der Waals surface area contributed by atoms with Crippen LogP contribution in [0.25, 0.3) is 5.65 Å². The average Bonchev–Trinajstić information content (AvgIpc) is 3.12. The number of aromatic nitrogens is 4. The Bertz CT molecular complexity index is 693. The number of rotatable bonds is 2. The van der Waals surface area contributed by atoms with Crippen LogP contribution in [0.5, 0.6) is 0 Å². The minimum atomic E-state index is -0.0787. The van der Waals surface area contributed by atoms with Gasteiger partial charge in [-0.05, 0) is 19.1 Å². The summed E-state index contributed by atoms with van der Waals surface area (Å²) in [5.41, 5.74) is 0.741. The predicted octanol–water partition coefficient (Wildman–Crippen LogP) is -0.0497. The predicted molar refractivity (Wildman–Crippen MR) is 78.5 cm³/mol. The molecule has 2 aromatic heterocycles. The highest BCUT2D eigenvalue weighted by atomic mass is 16.6. The number of carbonyl (C=O) groups is 1. The molecule has 0 spiro atoms. The summed E-state index contributed by atoms with van der Waals surface area (Å²) in [5, 5.41) is 12.3. The summed E-state index contributed by atoms with van der Waals surface area (Å²) in [7, 11) is 0. The standard InChI is InChI=1S/C14H18N6O2/c1-10-8-11(14(21)22-10)18-4-6-19(7-5-18)13-3-2-12-16-15-9-20(12)17-13/h2-3,9-11H,4-8H2,1H3/t10-,11-/m1/s1. The van der Waals surface area contributed by atoms with Crippen molar-refractivity contribution in [2.24, 2.45) is 0 Å². The molecule has 2 aliphatic heterocycles. The second kappa shape index (κ2) is 5.20. The van der Waals surface area contributed by atoms with Crippen molar-refractivity contribution in [1.29, 1.82) is 0 Å². The van der Waals surface area contributed by atoms with Crippen molar-refractivity contribution in [1.82, 2.24) is 24.7 Å². The van der Waals surface area contributed by atoms with Crippen LogP contribution in [0.2, 0.25) is 0 Å². The number of piperazine rings is 1. The number of nitrogens with zero attached hydrogens (tertiary/aromatic N) is 6. The van der Waals surface area contributed by atoms with Crippen LogP contribution >= 0.6 is 0 Å². The maximum absolute atomic E-state index is 11.8. The van der Waals surface area contributed by atoms with Crippen molar-refractivity contribution in [2.75, 3.05) is 31.1 Å². The fourth-order valence-electron chi connectivity index (χ4n) is 3.18. The summed E-state index contributed by atoms with van der Waals surface area (Å²) in [5.74, 6) is 0.833. The van der Waals surface area contributed by atoms with Gasteiger partial charge in [0.05, 0.1) is 0 Å². The smallest absolute Gasteiger partial charge is 0.323 e. The number of esters is 1. The van der Waals surface area contributed by atoms with Gasteiger partial charge in [-0.25, -0.2) is 0 Å². The van der Waals surface area contributed by atoms with Crippen LogP contribution in [0.3, 0.4) is 0 Å². The van der Waals surface area contributed by atoms with Gasteiger partial charge < -0.3 is 9.64 Å². The van der Waals surface area contributed by atoms with E-state index in [1.165, 1.54) is 0 Å². The maximum Gasteiger partial charge on any atom is 0.323 e. The molecule has 0 aliphatic carbocycles. The first kappa shape index (κ1) is 13.4. The summed E-state index contributed by atoms with van der Waals surface area (Å²) in [6.07, 6.45) is 2.43. The largest absolute Gasteiger partial charge is 0.461 e. The van der Waals surface area contributed by atoms with Crippen LogP contribution < -0.4 is 4.90 Å². The minimum absolute atomic E-state index is 0.0355. The van der Waals surface area contributed by atoms with Gasteiger partial charge in [0, 0.05) is 32.6 Å². The number of carbonyl (C=O) groups excluding carboxylic acids is 1. The molecular formula is C14H18N6O2. The lowest BCUT2D eigenvalue weighted by atomic mass is 10.1. The van der Waals surface area contributed by atoms with Gasteiger partial charge in [-0.1, -0.05) is 0 Å². The average molecular weight is 302 g/mol. The van der Waals surface area contributed by atoms with E-state index >= 15 is 0 Å². The van der Waals surface area contributed by atoms with Crippen LogP contribution in [-0.4, -0.2) is 69.0 Å². The molecule has 22 heavy (non-hydrogen) atoms. The second-order valence-corrected chi connectivity index (χ2v) is 5.85. The quantitative estimate of drug-likeness (QED) is 0.720. The fraction of sp³-hybridized carbons (Fsp3) is 0.571. The number of hydrogen-bond acceptors (Lipinski definition) is 7. The van der Waals surface area contributed by atoms with E-state index in [0.29, 0.717) is 0 Å². The lowest BCUT2D eigenvalue weighted by molar-refractivity contribution is -0.144. The van der Waals surface area contributed by atoms with Gasteiger partial charge in [0.2, 0.25) is 0 Å². The summed E-state index contributed by atoms with van der Waals surface area (Å²) in [6, 6.07) is 3.80. The molecule has 0 radical (unpaired) electrons. The Balaban J connectivity index is 1.44. The first-order chi connectivity index (χ1) is 10.7. The third kappa shape index (κ3) is 2.29. The summed E-state index contributed by atoms with van der Waals surface area (Å²) in [4.78, 5) is 16.3. The molecule has 0 saturated carbocycles. The van der Waals surface area contributed by atoms with E-state index in [2.05, 4.69) is 25.1 Å². The Labute approximate surface area is 127 Å². The van der Waals surface area contributed by atoms with E-state index in [1.54, 1.807) is 10.8 Å². The molecule has 4 rings (SSSR count). The molecule has 0 unspecified atom stereocenters. The molecule has 2 atom stereocenters. The van der Waals surface area contributed by atoms with Gasteiger partial charge in [0.15, 0.2) is 5.65 Å². The van der Waals surface area contributed by atoms with Crippen molar-refractivity contribution >= 4 is 17.4 Å². The van der Waals surface area contributed by atoms with Crippen molar-refractivity contribution in [3.63, 3.8) is 0 Å². The van der Waals surface area contributed by atoms with Gasteiger partial charge in [0.1, 0.15) is 24.3 Å². The van der Waals surface area contributed by atoms with Crippen molar-refractivity contribution < 1.29 is 9.53 Å². The van der Waals surface area contributed by atoms with E-state index < -0.39 is 0 Å².